The summed E-state index contributed by atoms with van der Waals surface area (Å²) in [5, 5.41) is 3.95. The summed E-state index contributed by atoms with van der Waals surface area (Å²) in [5.41, 5.74) is 0.585. The quantitative estimate of drug-likeness (QED) is 0.746. The van der Waals surface area contributed by atoms with Crippen molar-refractivity contribution in [2.45, 2.75) is 78.3 Å². The Labute approximate surface area is 101 Å². The van der Waals surface area contributed by atoms with Gasteiger partial charge in [0.05, 0.1) is 0 Å². The van der Waals surface area contributed by atoms with Crippen LogP contribution in [0, 0.1) is 17.3 Å². The minimum absolute atomic E-state index is 0.585. The molecule has 0 amide bonds. The van der Waals surface area contributed by atoms with E-state index in [-0.39, 0.29) is 0 Å². The fourth-order valence-electron chi connectivity index (χ4n) is 3.70. The monoisotopic (exact) mass is 223 g/mol. The number of rotatable bonds is 2. The van der Waals surface area contributed by atoms with Crippen molar-refractivity contribution in [2.24, 2.45) is 17.3 Å². The van der Waals surface area contributed by atoms with E-state index in [2.05, 4.69) is 33.0 Å². The zero-order chi connectivity index (χ0) is 11.8. The van der Waals surface area contributed by atoms with Gasteiger partial charge < -0.3 is 5.32 Å². The lowest BCUT2D eigenvalue weighted by Gasteiger charge is -2.36. The molecule has 0 bridgehead atoms. The Morgan fingerprint density at radius 1 is 1.06 bits per heavy atom. The van der Waals surface area contributed by atoms with Crippen molar-refractivity contribution in [2.75, 3.05) is 0 Å². The largest absolute Gasteiger partial charge is 0.311 e. The van der Waals surface area contributed by atoms with Gasteiger partial charge in [-0.05, 0) is 42.9 Å². The first-order chi connectivity index (χ1) is 7.48. The molecule has 2 rings (SSSR count). The topological polar surface area (TPSA) is 12.0 Å². The van der Waals surface area contributed by atoms with E-state index in [1.165, 1.54) is 38.5 Å². The summed E-state index contributed by atoms with van der Waals surface area (Å²) in [6.45, 7) is 9.71. The fourth-order valence-corrected chi connectivity index (χ4v) is 3.70. The van der Waals surface area contributed by atoms with Crippen LogP contribution < -0.4 is 5.32 Å². The van der Waals surface area contributed by atoms with Crippen molar-refractivity contribution in [1.29, 1.82) is 0 Å². The van der Waals surface area contributed by atoms with Crippen molar-refractivity contribution in [3.8, 4) is 0 Å². The lowest BCUT2D eigenvalue weighted by atomic mass is 9.77. The van der Waals surface area contributed by atoms with Crippen LogP contribution in [-0.4, -0.2) is 12.1 Å². The molecule has 1 heteroatoms. The molecule has 0 aromatic carbocycles. The first-order valence-electron chi connectivity index (χ1n) is 7.24. The summed E-state index contributed by atoms with van der Waals surface area (Å²) in [7, 11) is 0. The van der Waals surface area contributed by atoms with Gasteiger partial charge in [-0.3, -0.25) is 0 Å². The first kappa shape index (κ1) is 12.4. The van der Waals surface area contributed by atoms with Crippen LogP contribution >= 0.6 is 0 Å². The van der Waals surface area contributed by atoms with Gasteiger partial charge in [0.25, 0.3) is 0 Å². The molecule has 4 atom stereocenters. The van der Waals surface area contributed by atoms with Crippen LogP contribution in [0.3, 0.4) is 0 Å². The van der Waals surface area contributed by atoms with Crippen LogP contribution in [0.15, 0.2) is 0 Å². The highest BCUT2D eigenvalue weighted by Crippen LogP contribution is 2.38. The molecular weight excluding hydrogens is 194 g/mol. The van der Waals surface area contributed by atoms with Crippen LogP contribution in [0.1, 0.15) is 66.2 Å². The van der Waals surface area contributed by atoms with Gasteiger partial charge in [0.1, 0.15) is 0 Å². The third-order valence-corrected chi connectivity index (χ3v) is 5.13. The van der Waals surface area contributed by atoms with Gasteiger partial charge in [-0.2, -0.15) is 0 Å². The zero-order valence-corrected chi connectivity index (χ0v) is 11.6. The smallest absolute Gasteiger partial charge is 0.00978 e. The molecule has 0 aliphatic heterocycles. The number of nitrogens with one attached hydrogen (secondary N) is 1. The van der Waals surface area contributed by atoms with E-state index in [9.17, 15) is 0 Å². The molecule has 1 N–H and O–H groups in total. The summed E-state index contributed by atoms with van der Waals surface area (Å²) in [6, 6.07) is 1.59. The molecule has 1 nitrogen and oxygen atoms in total. The highest BCUT2D eigenvalue weighted by Gasteiger charge is 2.34. The van der Waals surface area contributed by atoms with E-state index in [4.69, 9.17) is 0 Å². The SMILES string of the molecule is CC1CCCC(NC2CCC(C)(C)C2)C1C. The van der Waals surface area contributed by atoms with Gasteiger partial charge in [0, 0.05) is 12.1 Å². The lowest BCUT2D eigenvalue weighted by molar-refractivity contribution is 0.191. The molecule has 0 saturated heterocycles. The van der Waals surface area contributed by atoms with Crippen LogP contribution in [0.5, 0.6) is 0 Å². The van der Waals surface area contributed by atoms with Gasteiger partial charge in [-0.15, -0.1) is 0 Å². The Hall–Kier alpha value is -0.0400. The predicted octanol–water partition coefficient (Wildman–Crippen LogP) is 3.98. The molecule has 2 saturated carbocycles. The average Bonchev–Trinajstić information content (AvgIpc) is 2.53. The van der Waals surface area contributed by atoms with E-state index < -0.39 is 0 Å². The van der Waals surface area contributed by atoms with E-state index in [1.54, 1.807) is 0 Å². The Morgan fingerprint density at radius 2 is 1.81 bits per heavy atom. The molecule has 16 heavy (non-hydrogen) atoms. The van der Waals surface area contributed by atoms with Crippen molar-refractivity contribution >= 4 is 0 Å². The first-order valence-corrected chi connectivity index (χ1v) is 7.24. The number of hydrogen-bond acceptors (Lipinski definition) is 1. The summed E-state index contributed by atoms with van der Waals surface area (Å²) < 4.78 is 0. The molecule has 0 spiro atoms. The molecule has 2 fully saturated rings. The normalized spacial score (nSPS) is 43.5. The molecule has 0 aromatic heterocycles. The predicted molar refractivity (Wildman–Crippen MR) is 70.5 cm³/mol. The van der Waals surface area contributed by atoms with Crippen molar-refractivity contribution < 1.29 is 0 Å². The van der Waals surface area contributed by atoms with E-state index in [0.29, 0.717) is 5.41 Å². The molecule has 94 valence electrons. The lowest BCUT2D eigenvalue weighted by Crippen LogP contribution is -2.45. The summed E-state index contributed by atoms with van der Waals surface area (Å²) in [5.74, 6) is 1.79. The van der Waals surface area contributed by atoms with Crippen LogP contribution in [0.2, 0.25) is 0 Å². The van der Waals surface area contributed by atoms with Crippen molar-refractivity contribution in [3.63, 3.8) is 0 Å². The maximum absolute atomic E-state index is 3.95. The summed E-state index contributed by atoms with van der Waals surface area (Å²) in [4.78, 5) is 0. The Kier molecular flexibility index (Phi) is 3.63. The molecule has 2 aliphatic rings. The van der Waals surface area contributed by atoms with E-state index >= 15 is 0 Å². The van der Waals surface area contributed by atoms with Gasteiger partial charge in [-0.1, -0.05) is 40.5 Å². The molecular formula is C15H29N. The summed E-state index contributed by atoms with van der Waals surface area (Å²) >= 11 is 0. The maximum atomic E-state index is 3.95. The molecule has 4 unspecified atom stereocenters. The van der Waals surface area contributed by atoms with Gasteiger partial charge in [-0.25, -0.2) is 0 Å². The van der Waals surface area contributed by atoms with Gasteiger partial charge >= 0.3 is 0 Å². The van der Waals surface area contributed by atoms with Crippen LogP contribution in [0.25, 0.3) is 0 Å². The fraction of sp³-hybridized carbons (Fsp3) is 1.00. The second-order valence-electron chi connectivity index (χ2n) is 7.14. The highest BCUT2D eigenvalue weighted by molar-refractivity contribution is 4.91. The summed E-state index contributed by atoms with van der Waals surface area (Å²) in [6.07, 6.45) is 8.45. The maximum Gasteiger partial charge on any atom is 0.00978 e. The molecule has 0 aromatic rings. The zero-order valence-electron chi connectivity index (χ0n) is 11.6. The van der Waals surface area contributed by atoms with E-state index in [0.717, 1.165) is 23.9 Å². The van der Waals surface area contributed by atoms with Crippen LogP contribution in [0.4, 0.5) is 0 Å². The molecule has 2 aliphatic carbocycles. The number of hydrogen-bond donors (Lipinski definition) is 1. The van der Waals surface area contributed by atoms with Crippen molar-refractivity contribution in [1.82, 2.24) is 5.32 Å². The molecule has 0 radical (unpaired) electrons. The molecule has 0 heterocycles. The van der Waals surface area contributed by atoms with Crippen LogP contribution in [-0.2, 0) is 0 Å². The minimum Gasteiger partial charge on any atom is -0.311 e. The minimum atomic E-state index is 0.585. The van der Waals surface area contributed by atoms with Gasteiger partial charge in [0.15, 0.2) is 0 Å². The van der Waals surface area contributed by atoms with Crippen molar-refractivity contribution in [3.05, 3.63) is 0 Å². The third kappa shape index (κ3) is 2.80. The van der Waals surface area contributed by atoms with Gasteiger partial charge in [0.2, 0.25) is 0 Å². The second kappa shape index (κ2) is 4.68. The standard InChI is InChI=1S/C15H29N/c1-11-6-5-7-14(12(11)2)16-13-8-9-15(3,4)10-13/h11-14,16H,5-10H2,1-4H3. The average molecular weight is 223 g/mol. The Bertz CT molecular complexity index is 234. The second-order valence-corrected chi connectivity index (χ2v) is 7.14. The van der Waals surface area contributed by atoms with E-state index in [1.807, 2.05) is 0 Å². The Balaban J connectivity index is 1.85. The Morgan fingerprint density at radius 3 is 2.44 bits per heavy atom. The highest BCUT2D eigenvalue weighted by atomic mass is 15.0. The third-order valence-electron chi connectivity index (χ3n) is 5.13.